The Morgan fingerprint density at radius 1 is 1.60 bits per heavy atom. The van der Waals surface area contributed by atoms with E-state index in [9.17, 15) is 0 Å². The molecule has 0 aromatic rings. The third-order valence-electron chi connectivity index (χ3n) is 0.893. The van der Waals surface area contributed by atoms with Crippen LogP contribution in [0.5, 0.6) is 0 Å². The van der Waals surface area contributed by atoms with Crippen LogP contribution in [0.4, 0.5) is 0 Å². The minimum atomic E-state index is 0.119. The molecule has 3 heteroatoms. The molecule has 0 aliphatic heterocycles. The van der Waals surface area contributed by atoms with Gasteiger partial charge in [0.25, 0.3) is 0 Å². The summed E-state index contributed by atoms with van der Waals surface area (Å²) in [5.41, 5.74) is 0.830. The van der Waals surface area contributed by atoms with Crippen molar-refractivity contribution in [3.63, 3.8) is 0 Å². The number of hydrogen-bond acceptors (Lipinski definition) is 3. The third kappa shape index (κ3) is 5.56. The lowest BCUT2D eigenvalue weighted by atomic mass is 10.3. The van der Waals surface area contributed by atoms with Crippen molar-refractivity contribution in [3.8, 4) is 0 Å². The Morgan fingerprint density at radius 3 is 2.60 bits per heavy atom. The predicted molar refractivity (Wildman–Crippen MR) is 41.0 cm³/mol. The first-order valence-electron chi connectivity index (χ1n) is 3.47. The van der Waals surface area contributed by atoms with Gasteiger partial charge in [0.2, 0.25) is 0 Å². The molecule has 1 N–H and O–H groups in total. The molecule has 0 aliphatic rings. The van der Waals surface area contributed by atoms with E-state index in [1.165, 1.54) is 0 Å². The van der Waals surface area contributed by atoms with Crippen molar-refractivity contribution in [1.82, 2.24) is 0 Å². The molecule has 0 aromatic carbocycles. The van der Waals surface area contributed by atoms with Gasteiger partial charge in [0.05, 0.1) is 5.71 Å². The second-order valence-corrected chi connectivity index (χ2v) is 2.45. The molecule has 0 saturated heterocycles. The van der Waals surface area contributed by atoms with Gasteiger partial charge in [-0.3, -0.25) is 0 Å². The molecule has 0 bridgehead atoms. The number of aliphatic hydroxyl groups is 1. The van der Waals surface area contributed by atoms with Crippen molar-refractivity contribution >= 4 is 5.71 Å². The smallest absolute Gasteiger partial charge is 0.122 e. The molecule has 0 fully saturated rings. The van der Waals surface area contributed by atoms with Crippen LogP contribution in [0.3, 0.4) is 0 Å². The van der Waals surface area contributed by atoms with Crippen LogP contribution in [0.25, 0.3) is 0 Å². The van der Waals surface area contributed by atoms with Crippen LogP contribution < -0.4 is 0 Å². The molecule has 60 valence electrons. The molecule has 0 radical (unpaired) electrons. The average molecular weight is 145 g/mol. The maximum absolute atomic E-state index is 8.47. The van der Waals surface area contributed by atoms with Crippen molar-refractivity contribution < 1.29 is 9.94 Å². The Balaban J connectivity index is 3.47. The maximum atomic E-state index is 8.47. The van der Waals surface area contributed by atoms with Gasteiger partial charge in [0.1, 0.15) is 6.10 Å². The molecule has 0 spiro atoms. The van der Waals surface area contributed by atoms with E-state index in [1.807, 2.05) is 20.8 Å². The first kappa shape index (κ1) is 9.43. The largest absolute Gasteiger partial charge is 0.396 e. The normalized spacial score (nSPS) is 12.3. The van der Waals surface area contributed by atoms with Gasteiger partial charge in [-0.15, -0.1) is 0 Å². The van der Waals surface area contributed by atoms with E-state index in [0.29, 0.717) is 6.42 Å². The summed E-state index contributed by atoms with van der Waals surface area (Å²) in [6, 6.07) is 0. The fourth-order valence-electron chi connectivity index (χ4n) is 0.403. The molecule has 3 nitrogen and oxygen atoms in total. The van der Waals surface area contributed by atoms with Crippen molar-refractivity contribution in [2.24, 2.45) is 5.16 Å². The zero-order chi connectivity index (χ0) is 7.98. The number of oxime groups is 1. The molecule has 0 amide bonds. The highest BCUT2D eigenvalue weighted by Gasteiger charge is 1.92. The fourth-order valence-corrected chi connectivity index (χ4v) is 0.403. The fraction of sp³-hybridized carbons (Fsp3) is 0.857. The van der Waals surface area contributed by atoms with Gasteiger partial charge in [-0.2, -0.15) is 0 Å². The lowest BCUT2D eigenvalue weighted by Crippen LogP contribution is -2.01. The van der Waals surface area contributed by atoms with E-state index in [2.05, 4.69) is 5.16 Å². The Labute approximate surface area is 61.7 Å². The van der Waals surface area contributed by atoms with Gasteiger partial charge in [-0.1, -0.05) is 5.16 Å². The molecule has 0 unspecified atom stereocenters. The Morgan fingerprint density at radius 2 is 2.20 bits per heavy atom. The summed E-state index contributed by atoms with van der Waals surface area (Å²) in [4.78, 5) is 4.93. The van der Waals surface area contributed by atoms with Crippen LogP contribution in [-0.4, -0.2) is 23.5 Å². The summed E-state index contributed by atoms with van der Waals surface area (Å²) >= 11 is 0. The molecular formula is C7H15NO2. The minimum absolute atomic E-state index is 0.119. The maximum Gasteiger partial charge on any atom is 0.122 e. The summed E-state index contributed by atoms with van der Waals surface area (Å²) in [6.07, 6.45) is 0.709. The van der Waals surface area contributed by atoms with Crippen LogP contribution in [0.1, 0.15) is 27.2 Å². The highest BCUT2D eigenvalue weighted by Crippen LogP contribution is 1.91. The minimum Gasteiger partial charge on any atom is -0.396 e. The molecule has 10 heavy (non-hydrogen) atoms. The van der Waals surface area contributed by atoms with Crippen molar-refractivity contribution in [2.75, 3.05) is 6.61 Å². The second-order valence-electron chi connectivity index (χ2n) is 2.45. The lowest BCUT2D eigenvalue weighted by molar-refractivity contribution is 0.0849. The van der Waals surface area contributed by atoms with Gasteiger partial charge in [0, 0.05) is 13.0 Å². The molecule has 0 aromatic heterocycles. The molecule has 0 atom stereocenters. The Bertz CT molecular complexity index is 110. The molecule has 0 saturated carbocycles. The SMILES string of the molecule is CC(CCO)=NOC(C)C. The predicted octanol–water partition coefficient (Wildman–Crippen LogP) is 1.17. The number of nitrogens with zero attached hydrogens (tertiary/aromatic N) is 1. The molecule has 0 rings (SSSR count). The summed E-state index contributed by atoms with van der Waals surface area (Å²) in [5, 5.41) is 12.2. The van der Waals surface area contributed by atoms with Crippen LogP contribution in [-0.2, 0) is 4.84 Å². The van der Waals surface area contributed by atoms with Gasteiger partial charge in [-0.25, -0.2) is 0 Å². The highest BCUT2D eigenvalue weighted by molar-refractivity contribution is 5.81. The first-order valence-corrected chi connectivity index (χ1v) is 3.47. The summed E-state index contributed by atoms with van der Waals surface area (Å²) in [5.74, 6) is 0. The standard InChI is InChI=1S/C7H15NO2/c1-6(2)10-8-7(3)4-5-9/h6,9H,4-5H2,1-3H3. The van der Waals surface area contributed by atoms with Gasteiger partial charge in [0.15, 0.2) is 0 Å². The number of rotatable bonds is 4. The summed E-state index contributed by atoms with van der Waals surface area (Å²) in [6.45, 7) is 5.79. The van der Waals surface area contributed by atoms with Crippen LogP contribution in [0, 0.1) is 0 Å². The van der Waals surface area contributed by atoms with Gasteiger partial charge >= 0.3 is 0 Å². The average Bonchev–Trinajstić information content (AvgIpc) is 1.85. The monoisotopic (exact) mass is 145 g/mol. The molecule has 0 heterocycles. The van der Waals surface area contributed by atoms with Crippen LogP contribution in [0.2, 0.25) is 0 Å². The van der Waals surface area contributed by atoms with Crippen LogP contribution in [0.15, 0.2) is 5.16 Å². The second kappa shape index (κ2) is 5.23. The topological polar surface area (TPSA) is 41.8 Å². The summed E-state index contributed by atoms with van der Waals surface area (Å²) in [7, 11) is 0. The zero-order valence-electron chi connectivity index (χ0n) is 6.79. The Kier molecular flexibility index (Phi) is 4.94. The van der Waals surface area contributed by atoms with E-state index >= 15 is 0 Å². The Hall–Kier alpha value is -0.570. The van der Waals surface area contributed by atoms with E-state index in [1.54, 1.807) is 0 Å². The lowest BCUT2D eigenvalue weighted by Gasteiger charge is -2.02. The van der Waals surface area contributed by atoms with Crippen LogP contribution >= 0.6 is 0 Å². The molecular weight excluding hydrogens is 130 g/mol. The highest BCUT2D eigenvalue weighted by atomic mass is 16.6. The van der Waals surface area contributed by atoms with E-state index in [4.69, 9.17) is 9.94 Å². The number of hydrogen-bond donors (Lipinski definition) is 1. The van der Waals surface area contributed by atoms with E-state index in [0.717, 1.165) is 5.71 Å². The quantitative estimate of drug-likeness (QED) is 0.476. The van der Waals surface area contributed by atoms with Crippen molar-refractivity contribution in [1.29, 1.82) is 0 Å². The summed E-state index contributed by atoms with van der Waals surface area (Å²) < 4.78 is 0. The van der Waals surface area contributed by atoms with E-state index in [-0.39, 0.29) is 12.7 Å². The van der Waals surface area contributed by atoms with Crippen molar-refractivity contribution in [2.45, 2.75) is 33.3 Å². The zero-order valence-corrected chi connectivity index (χ0v) is 6.79. The third-order valence-corrected chi connectivity index (χ3v) is 0.893. The van der Waals surface area contributed by atoms with Gasteiger partial charge in [-0.05, 0) is 20.8 Å². The molecule has 0 aliphatic carbocycles. The van der Waals surface area contributed by atoms with Gasteiger partial charge < -0.3 is 9.94 Å². The first-order chi connectivity index (χ1) is 4.66. The van der Waals surface area contributed by atoms with E-state index < -0.39 is 0 Å². The van der Waals surface area contributed by atoms with Crippen molar-refractivity contribution in [3.05, 3.63) is 0 Å². The number of aliphatic hydroxyl groups excluding tert-OH is 1.